The minimum atomic E-state index is -1.21. The lowest BCUT2D eigenvalue weighted by Crippen LogP contribution is -2.63. The number of hydrogen-bond acceptors (Lipinski definition) is 6. The lowest BCUT2D eigenvalue weighted by molar-refractivity contribution is -0.133. The fourth-order valence-corrected chi connectivity index (χ4v) is 4.58. The topological polar surface area (TPSA) is 93.5 Å². The van der Waals surface area contributed by atoms with E-state index in [0.717, 1.165) is 21.6 Å². The number of esters is 1. The van der Waals surface area contributed by atoms with Gasteiger partial charge in [-0.2, -0.15) is 0 Å². The van der Waals surface area contributed by atoms with Gasteiger partial charge in [0.25, 0.3) is 5.91 Å². The number of benzene rings is 2. The number of nitrogens with one attached hydrogen (secondary N) is 1. The Hall–Kier alpha value is -3.59. The molecule has 2 aromatic carbocycles. The number of imidazole rings is 1. The van der Waals surface area contributed by atoms with E-state index in [1.807, 2.05) is 61.7 Å². The third-order valence-electron chi connectivity index (χ3n) is 6.30. The number of nitrogens with zero attached hydrogens (tertiary/aromatic N) is 3. The number of carbonyl (C=O) groups excluding carboxylic acids is 3. The number of hydrogen-bond donors (Lipinski definition) is 1. The van der Waals surface area contributed by atoms with E-state index >= 15 is 0 Å². The minimum Gasteiger partial charge on any atom is -0.464 e. The monoisotopic (exact) mass is 492 g/mol. The van der Waals surface area contributed by atoms with Gasteiger partial charge in [0.15, 0.2) is 5.69 Å². The summed E-state index contributed by atoms with van der Waals surface area (Å²) in [6.07, 6.45) is 3.41. The Morgan fingerprint density at radius 3 is 2.40 bits per heavy atom. The summed E-state index contributed by atoms with van der Waals surface area (Å²) in [6.45, 7) is 4.44. The lowest BCUT2D eigenvalue weighted by atomic mass is 9.93. The lowest BCUT2D eigenvalue weighted by Gasteiger charge is -2.43. The molecule has 2 amide bonds. The van der Waals surface area contributed by atoms with E-state index in [0.29, 0.717) is 6.54 Å². The van der Waals surface area contributed by atoms with Crippen molar-refractivity contribution in [2.45, 2.75) is 43.9 Å². The Morgan fingerprint density at radius 2 is 1.77 bits per heavy atom. The average Bonchev–Trinajstić information content (AvgIpc) is 3.29. The molecule has 3 aromatic rings. The quantitative estimate of drug-likeness (QED) is 0.401. The highest BCUT2D eigenvalue weighted by atomic mass is 32.2. The summed E-state index contributed by atoms with van der Waals surface area (Å²) in [5, 5.41) is 2.99. The van der Waals surface area contributed by atoms with Crippen LogP contribution >= 0.6 is 11.8 Å². The molecule has 1 atom stereocenters. The summed E-state index contributed by atoms with van der Waals surface area (Å²) < 4.78 is 6.38. The third kappa shape index (κ3) is 4.81. The van der Waals surface area contributed by atoms with Gasteiger partial charge < -0.3 is 19.5 Å². The van der Waals surface area contributed by atoms with Gasteiger partial charge in [-0.05, 0) is 43.4 Å². The van der Waals surface area contributed by atoms with Crippen LogP contribution in [-0.4, -0.2) is 51.1 Å². The van der Waals surface area contributed by atoms with E-state index in [1.54, 1.807) is 23.3 Å². The van der Waals surface area contributed by atoms with Crippen LogP contribution in [0.3, 0.4) is 0 Å². The molecule has 1 N–H and O–H groups in total. The van der Waals surface area contributed by atoms with Gasteiger partial charge in [-0.25, -0.2) is 9.78 Å². The summed E-state index contributed by atoms with van der Waals surface area (Å²) in [7, 11) is 1.25. The van der Waals surface area contributed by atoms with Crippen molar-refractivity contribution in [2.75, 3.05) is 13.4 Å². The van der Waals surface area contributed by atoms with E-state index in [1.165, 1.54) is 18.3 Å². The zero-order valence-corrected chi connectivity index (χ0v) is 21.0. The number of aromatic nitrogens is 2. The van der Waals surface area contributed by atoms with Crippen molar-refractivity contribution in [1.82, 2.24) is 19.8 Å². The number of amides is 2. The summed E-state index contributed by atoms with van der Waals surface area (Å²) >= 11 is 1.63. The third-order valence-corrected chi connectivity index (χ3v) is 7.04. The van der Waals surface area contributed by atoms with Gasteiger partial charge in [0.2, 0.25) is 5.91 Å². The van der Waals surface area contributed by atoms with Crippen molar-refractivity contribution < 1.29 is 19.1 Å². The van der Waals surface area contributed by atoms with Crippen molar-refractivity contribution in [1.29, 1.82) is 0 Å². The zero-order valence-electron chi connectivity index (χ0n) is 20.2. The molecule has 0 bridgehead atoms. The molecule has 35 heavy (non-hydrogen) atoms. The van der Waals surface area contributed by atoms with Gasteiger partial charge in [-0.1, -0.05) is 42.0 Å². The Kier molecular flexibility index (Phi) is 6.98. The summed E-state index contributed by atoms with van der Waals surface area (Å²) in [5.74, 6) is -1.42. The molecule has 0 spiro atoms. The van der Waals surface area contributed by atoms with Crippen LogP contribution in [0.15, 0.2) is 59.8 Å². The highest BCUT2D eigenvalue weighted by Gasteiger charge is 2.48. The van der Waals surface area contributed by atoms with Crippen LogP contribution < -0.4 is 5.32 Å². The second-order valence-corrected chi connectivity index (χ2v) is 9.62. The van der Waals surface area contributed by atoms with Crippen molar-refractivity contribution in [2.24, 2.45) is 0 Å². The van der Waals surface area contributed by atoms with Crippen molar-refractivity contribution in [3.63, 3.8) is 0 Å². The molecule has 8 nitrogen and oxygen atoms in total. The molecular formula is C26H28N4O4S. The van der Waals surface area contributed by atoms with E-state index in [9.17, 15) is 14.4 Å². The SMILES string of the molecule is COC(=O)c1ncn2c1C(=O)N(Cc1ccc(SC)cc1)C(C)(C(=O)NCc1ccc(C)cc1)C2. The number of fused-ring (bicyclic) bond motifs is 1. The Balaban J connectivity index is 1.67. The predicted octanol–water partition coefficient (Wildman–Crippen LogP) is 3.43. The number of carbonyl (C=O) groups is 3. The zero-order chi connectivity index (χ0) is 25.2. The molecule has 1 aliphatic heterocycles. The summed E-state index contributed by atoms with van der Waals surface area (Å²) in [5.41, 5.74) is 1.84. The molecule has 1 aliphatic rings. The predicted molar refractivity (Wildman–Crippen MR) is 133 cm³/mol. The maximum absolute atomic E-state index is 13.8. The second-order valence-electron chi connectivity index (χ2n) is 8.74. The fourth-order valence-electron chi connectivity index (χ4n) is 4.17. The molecule has 1 unspecified atom stereocenters. The van der Waals surface area contributed by atoms with Crippen molar-refractivity contribution in [3.8, 4) is 0 Å². The normalized spacial score (nSPS) is 17.1. The van der Waals surface area contributed by atoms with E-state index in [2.05, 4.69) is 10.3 Å². The Morgan fingerprint density at radius 1 is 1.11 bits per heavy atom. The smallest absolute Gasteiger partial charge is 0.359 e. The Bertz CT molecular complexity index is 1250. The highest BCUT2D eigenvalue weighted by molar-refractivity contribution is 7.98. The molecule has 0 fully saturated rings. The molecule has 4 rings (SSSR count). The van der Waals surface area contributed by atoms with Gasteiger partial charge in [0, 0.05) is 18.0 Å². The van der Waals surface area contributed by atoms with Gasteiger partial charge in [-0.15, -0.1) is 11.8 Å². The van der Waals surface area contributed by atoms with E-state index in [-0.39, 0.29) is 30.4 Å². The number of aryl methyl sites for hydroxylation is 1. The van der Waals surface area contributed by atoms with E-state index in [4.69, 9.17) is 4.74 Å². The van der Waals surface area contributed by atoms with Crippen LogP contribution in [0.1, 0.15) is 44.6 Å². The van der Waals surface area contributed by atoms with E-state index < -0.39 is 17.4 Å². The first-order valence-electron chi connectivity index (χ1n) is 11.2. The van der Waals surface area contributed by atoms with Crippen LogP contribution in [0.5, 0.6) is 0 Å². The van der Waals surface area contributed by atoms with Gasteiger partial charge in [-0.3, -0.25) is 9.59 Å². The van der Waals surface area contributed by atoms with Crippen LogP contribution in [0.2, 0.25) is 0 Å². The maximum Gasteiger partial charge on any atom is 0.359 e. The molecule has 2 heterocycles. The van der Waals surface area contributed by atoms with Crippen LogP contribution in [0.25, 0.3) is 0 Å². The second kappa shape index (κ2) is 9.95. The molecular weight excluding hydrogens is 464 g/mol. The molecule has 0 radical (unpaired) electrons. The van der Waals surface area contributed by atoms with Crippen molar-refractivity contribution >= 4 is 29.5 Å². The first kappa shape index (κ1) is 24.5. The van der Waals surface area contributed by atoms with Crippen LogP contribution in [-0.2, 0) is 29.2 Å². The molecule has 0 saturated carbocycles. The standard InChI is InChI=1S/C26H28N4O4S/c1-17-5-7-18(8-6-17)13-27-25(33)26(2)15-29-16-28-21(24(32)34-3)22(29)23(31)30(26)14-19-9-11-20(35-4)12-10-19/h5-12,16H,13-15H2,1-4H3,(H,27,33). The fraction of sp³-hybridized carbons (Fsp3) is 0.308. The van der Waals surface area contributed by atoms with Crippen molar-refractivity contribution in [3.05, 3.63) is 82.9 Å². The minimum absolute atomic E-state index is 0.0534. The molecule has 0 saturated heterocycles. The number of rotatable bonds is 7. The van der Waals surface area contributed by atoms with Crippen LogP contribution in [0, 0.1) is 6.92 Å². The Labute approximate surface area is 208 Å². The summed E-state index contributed by atoms with van der Waals surface area (Å²) in [6, 6.07) is 15.7. The van der Waals surface area contributed by atoms with Gasteiger partial charge >= 0.3 is 5.97 Å². The first-order valence-corrected chi connectivity index (χ1v) is 12.4. The molecule has 9 heteroatoms. The number of ether oxygens (including phenoxy) is 1. The summed E-state index contributed by atoms with van der Waals surface area (Å²) in [4.78, 5) is 46.3. The molecule has 182 valence electrons. The number of methoxy groups -OCH3 is 1. The molecule has 0 aliphatic carbocycles. The average molecular weight is 493 g/mol. The van der Waals surface area contributed by atoms with Gasteiger partial charge in [0.1, 0.15) is 11.2 Å². The molecule has 1 aromatic heterocycles. The van der Waals surface area contributed by atoms with Gasteiger partial charge in [0.05, 0.1) is 20.0 Å². The highest BCUT2D eigenvalue weighted by Crippen LogP contribution is 2.31. The maximum atomic E-state index is 13.8. The first-order chi connectivity index (χ1) is 16.8. The van der Waals surface area contributed by atoms with Crippen LogP contribution in [0.4, 0.5) is 0 Å². The number of thioether (sulfide) groups is 1. The largest absolute Gasteiger partial charge is 0.464 e.